The van der Waals surface area contributed by atoms with Crippen LogP contribution in [-0.4, -0.2) is 133 Å². The Morgan fingerprint density at radius 1 is 0.918 bits per heavy atom. The number of phenols is 1. The SMILES string of the molecule is O=C(O[C@H](Cc1ccc(O)c(Br)c1)C(=O)N1CCN(C2CCN(S(=O)(=O)I)CC2)CC1)N1CCC(N2CCc3ccccc3NC2=O)CC1. The molecule has 2 aromatic carbocycles. The van der Waals surface area contributed by atoms with Crippen LogP contribution in [0.25, 0.3) is 0 Å². The molecule has 2 aromatic rings. The van der Waals surface area contributed by atoms with Crippen molar-refractivity contribution in [1.82, 2.24) is 23.9 Å². The smallest absolute Gasteiger partial charge is 0.410 e. The number of phenolic OH excluding ortho intramolecular Hbond substituents is 1. The molecular formula is C33H42BrIN6O7S. The van der Waals surface area contributed by atoms with E-state index in [4.69, 9.17) is 4.74 Å². The van der Waals surface area contributed by atoms with Gasteiger partial charge >= 0.3 is 12.1 Å². The number of fused-ring (bicyclic) bond motifs is 1. The number of nitrogens with zero attached hydrogens (tertiary/aromatic N) is 5. The number of para-hydroxylation sites is 1. The van der Waals surface area contributed by atoms with E-state index >= 15 is 0 Å². The maximum absolute atomic E-state index is 14.0. The van der Waals surface area contributed by atoms with E-state index in [2.05, 4.69) is 26.1 Å². The predicted octanol–water partition coefficient (Wildman–Crippen LogP) is 4.05. The molecule has 16 heteroatoms. The van der Waals surface area contributed by atoms with Gasteiger partial charge < -0.3 is 29.9 Å². The summed E-state index contributed by atoms with van der Waals surface area (Å²) in [5.74, 6) is -0.190. The Morgan fingerprint density at radius 2 is 1.59 bits per heavy atom. The lowest BCUT2D eigenvalue weighted by molar-refractivity contribution is -0.143. The Kier molecular flexibility index (Phi) is 11.6. The van der Waals surface area contributed by atoms with Crippen molar-refractivity contribution in [2.75, 3.05) is 64.2 Å². The van der Waals surface area contributed by atoms with Crippen molar-refractivity contribution in [2.45, 2.75) is 56.7 Å². The number of hydrogen-bond donors (Lipinski definition) is 2. The Morgan fingerprint density at radius 3 is 2.27 bits per heavy atom. The minimum atomic E-state index is -3.23. The van der Waals surface area contributed by atoms with E-state index in [0.29, 0.717) is 76.2 Å². The first-order chi connectivity index (χ1) is 23.5. The topological polar surface area (TPSA) is 143 Å². The number of benzene rings is 2. The molecule has 3 saturated heterocycles. The lowest BCUT2D eigenvalue weighted by Crippen LogP contribution is -2.56. The monoisotopic (exact) mass is 872 g/mol. The number of hydrogen-bond acceptors (Lipinski definition) is 8. The minimum Gasteiger partial charge on any atom is -0.507 e. The fraction of sp³-hybridized carbons (Fsp3) is 0.545. The van der Waals surface area contributed by atoms with Crippen molar-refractivity contribution >= 4 is 68.0 Å². The molecule has 0 saturated carbocycles. The molecule has 49 heavy (non-hydrogen) atoms. The number of nitrogens with one attached hydrogen (secondary N) is 1. The van der Waals surface area contributed by atoms with Gasteiger partial charge in [0.1, 0.15) is 5.75 Å². The molecule has 4 amide bonds. The number of anilines is 1. The van der Waals surface area contributed by atoms with Crippen molar-refractivity contribution in [3.63, 3.8) is 0 Å². The van der Waals surface area contributed by atoms with Crippen LogP contribution in [0.1, 0.15) is 36.8 Å². The largest absolute Gasteiger partial charge is 0.507 e. The number of piperazine rings is 1. The molecule has 0 aromatic heterocycles. The van der Waals surface area contributed by atoms with Gasteiger partial charge in [0.05, 0.1) is 25.7 Å². The summed E-state index contributed by atoms with van der Waals surface area (Å²) >= 11 is 4.83. The number of aromatic hydroxyl groups is 1. The van der Waals surface area contributed by atoms with Crippen LogP contribution in [0.2, 0.25) is 0 Å². The molecule has 13 nitrogen and oxygen atoms in total. The summed E-state index contributed by atoms with van der Waals surface area (Å²) in [5, 5.41) is 13.0. The summed E-state index contributed by atoms with van der Waals surface area (Å²) in [6.07, 6.45) is 2.00. The third-order valence-corrected chi connectivity index (χ3v) is 13.4. The first-order valence-electron chi connectivity index (χ1n) is 16.8. The molecule has 1 atom stereocenters. The number of piperidine rings is 2. The van der Waals surface area contributed by atoms with Crippen molar-refractivity contribution in [3.8, 4) is 5.75 Å². The van der Waals surface area contributed by atoms with E-state index in [1.165, 1.54) is 25.5 Å². The van der Waals surface area contributed by atoms with Gasteiger partial charge in [0.2, 0.25) is 0 Å². The zero-order valence-electron chi connectivity index (χ0n) is 27.2. The molecule has 0 bridgehead atoms. The maximum atomic E-state index is 14.0. The Labute approximate surface area is 307 Å². The van der Waals surface area contributed by atoms with Crippen LogP contribution >= 0.6 is 37.1 Å². The maximum Gasteiger partial charge on any atom is 0.410 e. The second-order valence-electron chi connectivity index (χ2n) is 13.0. The van der Waals surface area contributed by atoms with Gasteiger partial charge in [-0.2, -0.15) is 4.31 Å². The van der Waals surface area contributed by atoms with Crippen molar-refractivity contribution in [1.29, 1.82) is 0 Å². The highest BCUT2D eigenvalue weighted by Crippen LogP contribution is 2.28. The molecule has 2 N–H and O–H groups in total. The number of carbonyl (C=O) groups excluding carboxylic acids is 3. The van der Waals surface area contributed by atoms with Crippen LogP contribution in [0, 0.1) is 0 Å². The molecular weight excluding hydrogens is 831 g/mol. The summed E-state index contributed by atoms with van der Waals surface area (Å²) in [7, 11) is -3.23. The van der Waals surface area contributed by atoms with E-state index in [9.17, 15) is 27.9 Å². The van der Waals surface area contributed by atoms with Crippen LogP contribution in [-0.2, 0) is 29.6 Å². The third-order valence-electron chi connectivity index (χ3n) is 10.1. The second-order valence-corrected chi connectivity index (χ2v) is 18.6. The highest BCUT2D eigenvalue weighted by molar-refractivity contribution is 14.2. The lowest BCUT2D eigenvalue weighted by atomic mass is 10.0. The standard InChI is InChI=1S/C33H42BrIN6O7S/c34-27-21-23(5-6-29(27)42)22-30(31(43)38-19-17-37(18-20-38)25-10-14-40(15-11-25)49(35,46)47)48-33(45)39-12-8-26(9-13-39)41-16-7-24-3-1-2-4-28(24)36-32(41)44/h1-6,21,25-26,30,42H,7-20,22H2,(H,36,44)/t30-/m1/s1. The van der Waals surface area contributed by atoms with Crippen molar-refractivity contribution in [3.05, 3.63) is 58.1 Å². The van der Waals surface area contributed by atoms with Crippen LogP contribution in [0.5, 0.6) is 5.75 Å². The van der Waals surface area contributed by atoms with Gasteiger partial charge in [0.15, 0.2) is 6.10 Å². The van der Waals surface area contributed by atoms with E-state index < -0.39 is 19.4 Å². The molecule has 266 valence electrons. The van der Waals surface area contributed by atoms with Gasteiger partial charge in [0, 0.05) is 83.1 Å². The van der Waals surface area contributed by atoms with Crippen LogP contribution < -0.4 is 5.32 Å². The van der Waals surface area contributed by atoms with Gasteiger partial charge in [0.25, 0.3) is 13.1 Å². The number of urea groups is 1. The van der Waals surface area contributed by atoms with Crippen molar-refractivity contribution < 1.29 is 32.6 Å². The molecule has 0 unspecified atom stereocenters. The Hall–Kier alpha value is -2.67. The number of rotatable bonds is 7. The highest BCUT2D eigenvalue weighted by Gasteiger charge is 2.37. The number of amides is 4. The lowest BCUT2D eigenvalue weighted by Gasteiger charge is -2.42. The van der Waals surface area contributed by atoms with Crippen LogP contribution in [0.4, 0.5) is 15.3 Å². The fourth-order valence-corrected chi connectivity index (χ4v) is 9.56. The summed E-state index contributed by atoms with van der Waals surface area (Å²) < 4.78 is 31.8. The average Bonchev–Trinajstić information content (AvgIpc) is 3.27. The molecule has 6 rings (SSSR count). The summed E-state index contributed by atoms with van der Waals surface area (Å²) in [5.41, 5.74) is 2.67. The van der Waals surface area contributed by atoms with Gasteiger partial charge in [-0.3, -0.25) is 9.69 Å². The Bertz CT molecular complexity index is 1640. The summed E-state index contributed by atoms with van der Waals surface area (Å²) in [6, 6.07) is 12.9. The predicted molar refractivity (Wildman–Crippen MR) is 196 cm³/mol. The van der Waals surface area contributed by atoms with Gasteiger partial charge in [-0.1, -0.05) is 24.3 Å². The number of carbonyl (C=O) groups is 3. The quantitative estimate of drug-likeness (QED) is 0.314. The molecule has 0 radical (unpaired) electrons. The molecule has 4 aliphatic rings. The average molecular weight is 874 g/mol. The summed E-state index contributed by atoms with van der Waals surface area (Å²) in [4.78, 5) is 48.1. The van der Waals surface area contributed by atoms with Gasteiger partial charge in [-0.15, -0.1) is 0 Å². The molecule has 3 fully saturated rings. The second kappa shape index (κ2) is 15.7. The highest BCUT2D eigenvalue weighted by atomic mass is 127. The van der Waals surface area contributed by atoms with E-state index in [1.54, 1.807) is 28.0 Å². The van der Waals surface area contributed by atoms with Crippen LogP contribution in [0.3, 0.4) is 0 Å². The van der Waals surface area contributed by atoms with Crippen molar-refractivity contribution in [2.24, 2.45) is 0 Å². The molecule has 4 aliphatic heterocycles. The molecule has 4 heterocycles. The zero-order chi connectivity index (χ0) is 34.7. The first-order valence-corrected chi connectivity index (χ1v) is 21.5. The van der Waals surface area contributed by atoms with E-state index in [0.717, 1.165) is 36.1 Å². The zero-order valence-corrected chi connectivity index (χ0v) is 31.7. The number of ether oxygens (including phenoxy) is 1. The number of halogens is 2. The fourth-order valence-electron chi connectivity index (χ4n) is 7.30. The normalized spacial score (nSPS) is 21.1. The molecule has 0 aliphatic carbocycles. The van der Waals surface area contributed by atoms with Gasteiger partial charge in [-0.25, -0.2) is 18.0 Å². The minimum absolute atomic E-state index is 0.0142. The summed E-state index contributed by atoms with van der Waals surface area (Å²) in [6.45, 7) is 4.66. The van der Waals surface area contributed by atoms with E-state index in [1.807, 2.05) is 29.2 Å². The van der Waals surface area contributed by atoms with Crippen LogP contribution in [0.15, 0.2) is 46.9 Å². The van der Waals surface area contributed by atoms with E-state index in [-0.39, 0.29) is 36.2 Å². The molecule has 0 spiro atoms. The Balaban J connectivity index is 1.06. The van der Waals surface area contributed by atoms with Gasteiger partial charge in [-0.05, 0) is 77.4 Å². The first kappa shape index (κ1) is 36.1. The number of likely N-dealkylation sites (tertiary alicyclic amines) is 1. The third kappa shape index (κ3) is 8.80.